The Morgan fingerprint density at radius 3 is 2.67 bits per heavy atom. The molecule has 0 spiro atoms. The topological polar surface area (TPSA) is 44.4 Å². The molecular weight excluding hydrogens is 262 g/mol. The minimum atomic E-state index is 0.102. The van der Waals surface area contributed by atoms with E-state index in [1.165, 1.54) is 12.8 Å². The number of nitrogens with zero attached hydrogens (tertiary/aromatic N) is 1. The molecule has 1 aliphatic heterocycles. The van der Waals surface area contributed by atoms with Gasteiger partial charge in [-0.3, -0.25) is 4.79 Å². The molecule has 4 heteroatoms. The third kappa shape index (κ3) is 5.86. The summed E-state index contributed by atoms with van der Waals surface area (Å²) in [6, 6.07) is 9.67. The number of para-hydroxylation sites is 1. The van der Waals surface area contributed by atoms with Crippen LogP contribution >= 0.6 is 0 Å². The molecule has 0 saturated carbocycles. The van der Waals surface area contributed by atoms with E-state index in [0.717, 1.165) is 44.3 Å². The average Bonchev–Trinajstić information content (AvgIpc) is 2.53. The molecule has 2 N–H and O–H groups in total. The van der Waals surface area contributed by atoms with E-state index >= 15 is 0 Å². The van der Waals surface area contributed by atoms with Crippen molar-refractivity contribution >= 4 is 11.6 Å². The number of rotatable bonds is 7. The van der Waals surface area contributed by atoms with Gasteiger partial charge in [-0.2, -0.15) is 0 Å². The third-order valence-corrected chi connectivity index (χ3v) is 4.13. The monoisotopic (exact) mass is 289 g/mol. The Hall–Kier alpha value is -1.39. The summed E-state index contributed by atoms with van der Waals surface area (Å²) in [7, 11) is 0. The minimum Gasteiger partial charge on any atom is -0.326 e. The molecule has 1 saturated heterocycles. The van der Waals surface area contributed by atoms with E-state index in [-0.39, 0.29) is 5.91 Å². The quantitative estimate of drug-likeness (QED) is 0.810. The Bertz CT molecular complexity index is 415. The van der Waals surface area contributed by atoms with Crippen LogP contribution in [0.5, 0.6) is 0 Å². The SMILES string of the molecule is CCN(CCC(=O)Nc1ccccc1)CC1CCNCC1. The summed E-state index contributed by atoms with van der Waals surface area (Å²) in [5.41, 5.74) is 0.879. The van der Waals surface area contributed by atoms with Crippen molar-refractivity contribution in [2.24, 2.45) is 5.92 Å². The lowest BCUT2D eigenvalue weighted by Crippen LogP contribution is -2.37. The van der Waals surface area contributed by atoms with Gasteiger partial charge >= 0.3 is 0 Å². The van der Waals surface area contributed by atoms with Gasteiger partial charge in [-0.15, -0.1) is 0 Å². The fraction of sp³-hybridized carbons (Fsp3) is 0.588. The lowest BCUT2D eigenvalue weighted by atomic mass is 9.97. The van der Waals surface area contributed by atoms with Crippen LogP contribution in [0.1, 0.15) is 26.2 Å². The average molecular weight is 289 g/mol. The number of anilines is 1. The van der Waals surface area contributed by atoms with Gasteiger partial charge in [0.1, 0.15) is 0 Å². The lowest BCUT2D eigenvalue weighted by molar-refractivity contribution is -0.116. The van der Waals surface area contributed by atoms with Crippen LogP contribution in [-0.2, 0) is 4.79 Å². The van der Waals surface area contributed by atoms with E-state index in [0.29, 0.717) is 6.42 Å². The highest BCUT2D eigenvalue weighted by molar-refractivity contribution is 5.90. The van der Waals surface area contributed by atoms with Crippen LogP contribution in [0.4, 0.5) is 5.69 Å². The van der Waals surface area contributed by atoms with Crippen molar-refractivity contribution in [1.82, 2.24) is 10.2 Å². The molecule has 1 aliphatic rings. The summed E-state index contributed by atoms with van der Waals surface area (Å²) in [4.78, 5) is 14.4. The Balaban J connectivity index is 1.70. The van der Waals surface area contributed by atoms with Crippen LogP contribution in [0.3, 0.4) is 0 Å². The number of benzene rings is 1. The van der Waals surface area contributed by atoms with Crippen molar-refractivity contribution in [1.29, 1.82) is 0 Å². The zero-order chi connectivity index (χ0) is 14.9. The first-order chi connectivity index (χ1) is 10.3. The molecule has 0 unspecified atom stereocenters. The summed E-state index contributed by atoms with van der Waals surface area (Å²) in [5, 5.41) is 6.35. The fourth-order valence-electron chi connectivity index (χ4n) is 2.81. The summed E-state index contributed by atoms with van der Waals surface area (Å²) in [6.45, 7) is 7.43. The largest absolute Gasteiger partial charge is 0.326 e. The Morgan fingerprint density at radius 2 is 2.00 bits per heavy atom. The second-order valence-electron chi connectivity index (χ2n) is 5.75. The molecule has 0 aromatic heterocycles. The highest BCUT2D eigenvalue weighted by atomic mass is 16.1. The third-order valence-electron chi connectivity index (χ3n) is 4.13. The fourth-order valence-corrected chi connectivity index (χ4v) is 2.81. The highest BCUT2D eigenvalue weighted by Gasteiger charge is 2.16. The van der Waals surface area contributed by atoms with E-state index in [4.69, 9.17) is 0 Å². The van der Waals surface area contributed by atoms with Crippen molar-refractivity contribution in [3.8, 4) is 0 Å². The van der Waals surface area contributed by atoms with Gasteiger partial charge in [0.15, 0.2) is 0 Å². The molecule has 1 aromatic rings. The van der Waals surface area contributed by atoms with Crippen molar-refractivity contribution in [3.05, 3.63) is 30.3 Å². The van der Waals surface area contributed by atoms with E-state index < -0.39 is 0 Å². The number of hydrogen-bond acceptors (Lipinski definition) is 3. The smallest absolute Gasteiger partial charge is 0.225 e. The Morgan fingerprint density at radius 1 is 1.29 bits per heavy atom. The predicted octanol–water partition coefficient (Wildman–Crippen LogP) is 2.34. The van der Waals surface area contributed by atoms with Crippen LogP contribution in [0.15, 0.2) is 30.3 Å². The summed E-state index contributed by atoms with van der Waals surface area (Å²) in [6.07, 6.45) is 3.08. The summed E-state index contributed by atoms with van der Waals surface area (Å²) < 4.78 is 0. The van der Waals surface area contributed by atoms with E-state index in [9.17, 15) is 4.79 Å². The molecule has 4 nitrogen and oxygen atoms in total. The molecule has 21 heavy (non-hydrogen) atoms. The molecule has 0 radical (unpaired) electrons. The zero-order valence-corrected chi connectivity index (χ0v) is 13.0. The van der Waals surface area contributed by atoms with Gasteiger partial charge in [-0.05, 0) is 50.5 Å². The van der Waals surface area contributed by atoms with Gasteiger partial charge in [0, 0.05) is 25.2 Å². The number of nitrogens with one attached hydrogen (secondary N) is 2. The predicted molar refractivity (Wildman–Crippen MR) is 87.4 cm³/mol. The van der Waals surface area contributed by atoms with Crippen LogP contribution in [0.25, 0.3) is 0 Å². The van der Waals surface area contributed by atoms with Crippen molar-refractivity contribution in [2.75, 3.05) is 38.0 Å². The van der Waals surface area contributed by atoms with Gasteiger partial charge in [-0.1, -0.05) is 25.1 Å². The molecule has 0 atom stereocenters. The number of carbonyl (C=O) groups excluding carboxylic acids is 1. The normalized spacial score (nSPS) is 16.1. The van der Waals surface area contributed by atoms with E-state index in [2.05, 4.69) is 22.5 Å². The number of carbonyl (C=O) groups is 1. The van der Waals surface area contributed by atoms with Gasteiger partial charge < -0.3 is 15.5 Å². The second-order valence-corrected chi connectivity index (χ2v) is 5.75. The van der Waals surface area contributed by atoms with Gasteiger partial charge in [-0.25, -0.2) is 0 Å². The first-order valence-corrected chi connectivity index (χ1v) is 8.06. The summed E-state index contributed by atoms with van der Waals surface area (Å²) >= 11 is 0. The van der Waals surface area contributed by atoms with Crippen molar-refractivity contribution in [3.63, 3.8) is 0 Å². The maximum Gasteiger partial charge on any atom is 0.225 e. The van der Waals surface area contributed by atoms with E-state index in [1.807, 2.05) is 30.3 Å². The summed E-state index contributed by atoms with van der Waals surface area (Å²) in [5.74, 6) is 0.883. The van der Waals surface area contributed by atoms with Crippen LogP contribution in [-0.4, -0.2) is 43.5 Å². The maximum atomic E-state index is 12.0. The molecule has 0 bridgehead atoms. The zero-order valence-electron chi connectivity index (χ0n) is 13.0. The minimum absolute atomic E-state index is 0.102. The van der Waals surface area contributed by atoms with Gasteiger partial charge in [0.05, 0.1) is 0 Å². The second kappa shape index (κ2) is 8.80. The molecule has 1 fully saturated rings. The van der Waals surface area contributed by atoms with Crippen molar-refractivity contribution in [2.45, 2.75) is 26.2 Å². The molecule has 1 amide bonds. The number of hydrogen-bond donors (Lipinski definition) is 2. The van der Waals surface area contributed by atoms with Gasteiger partial charge in [0.2, 0.25) is 5.91 Å². The molecule has 1 heterocycles. The van der Waals surface area contributed by atoms with Crippen LogP contribution in [0.2, 0.25) is 0 Å². The van der Waals surface area contributed by atoms with Crippen LogP contribution < -0.4 is 10.6 Å². The standard InChI is InChI=1S/C17H27N3O/c1-2-20(14-15-8-11-18-12-9-15)13-10-17(21)19-16-6-4-3-5-7-16/h3-7,15,18H,2,8-14H2,1H3,(H,19,21). The maximum absolute atomic E-state index is 12.0. The first-order valence-electron chi connectivity index (χ1n) is 8.06. The number of piperidine rings is 1. The van der Waals surface area contributed by atoms with Crippen LogP contribution in [0, 0.1) is 5.92 Å². The first kappa shape index (κ1) is 16.0. The number of amides is 1. The van der Waals surface area contributed by atoms with E-state index in [1.54, 1.807) is 0 Å². The van der Waals surface area contributed by atoms with Gasteiger partial charge in [0.25, 0.3) is 0 Å². The Labute approximate surface area is 127 Å². The lowest BCUT2D eigenvalue weighted by Gasteiger charge is -2.29. The molecule has 2 rings (SSSR count). The Kier molecular flexibility index (Phi) is 6.70. The highest BCUT2D eigenvalue weighted by Crippen LogP contribution is 2.13. The molecule has 0 aliphatic carbocycles. The molecule has 1 aromatic carbocycles. The molecular formula is C17H27N3O. The van der Waals surface area contributed by atoms with Crippen molar-refractivity contribution < 1.29 is 4.79 Å². The molecule has 116 valence electrons.